The summed E-state index contributed by atoms with van der Waals surface area (Å²) in [6.07, 6.45) is 5.43. The minimum atomic E-state index is -1.95. The van der Waals surface area contributed by atoms with Crippen LogP contribution in [0.15, 0.2) is 28.9 Å². The van der Waals surface area contributed by atoms with Crippen molar-refractivity contribution < 1.29 is 34.0 Å². The summed E-state index contributed by atoms with van der Waals surface area (Å²) in [5, 5.41) is 33.6. The maximum absolute atomic E-state index is 17.1. The molecule has 1 amide bonds. The Morgan fingerprint density at radius 2 is 2.06 bits per heavy atom. The van der Waals surface area contributed by atoms with Crippen molar-refractivity contribution >= 4 is 17.4 Å². The van der Waals surface area contributed by atoms with Crippen LogP contribution in [0.5, 0.6) is 0 Å². The van der Waals surface area contributed by atoms with Gasteiger partial charge in [-0.15, -0.1) is 0 Å². The van der Waals surface area contributed by atoms with Crippen molar-refractivity contribution in [3.05, 3.63) is 23.8 Å². The number of Topliss-reactive ketones (excluding diaryl/α,β-unsaturated/α-hetero) is 1. The van der Waals surface area contributed by atoms with Crippen LogP contribution in [-0.2, 0) is 14.3 Å². The molecule has 4 fully saturated rings. The van der Waals surface area contributed by atoms with Gasteiger partial charge in [0, 0.05) is 17.8 Å². The molecule has 8 nitrogen and oxygen atoms in total. The number of nitrogens with one attached hydrogen (secondary N) is 1. The number of ether oxygens (including phenoxy) is 1. The van der Waals surface area contributed by atoms with E-state index < -0.39 is 53.4 Å². The molecule has 8 atom stereocenters. The van der Waals surface area contributed by atoms with E-state index in [0.29, 0.717) is 25.0 Å². The molecular formula is C23H29FN2O6. The number of epoxide rings is 1. The van der Waals surface area contributed by atoms with Crippen molar-refractivity contribution in [1.29, 1.82) is 0 Å². The summed E-state index contributed by atoms with van der Waals surface area (Å²) < 4.78 is 23.2. The molecule has 0 bridgehead atoms. The van der Waals surface area contributed by atoms with Crippen LogP contribution in [0.2, 0.25) is 0 Å². The number of ketones is 1. The van der Waals surface area contributed by atoms with Crippen LogP contribution >= 0.6 is 0 Å². The molecule has 0 aromatic carbocycles. The molecule has 3 saturated carbocycles. The maximum Gasteiger partial charge on any atom is 0.265 e. The molecule has 1 aliphatic heterocycles. The Bertz CT molecular complexity index is 980. The lowest BCUT2D eigenvalue weighted by Crippen LogP contribution is -2.66. The number of fused-ring (bicyclic) bond motifs is 4. The monoisotopic (exact) mass is 448 g/mol. The first-order valence-corrected chi connectivity index (χ1v) is 11.2. The predicted octanol–water partition coefficient (Wildman–Crippen LogP) is 0.562. The standard InChI is InChI=1S/C23H29FN2O6/c1-12-7-16-15-4-3-13-8-14(25-26-19(31)11-28)5-6-20(13,2)22(15,24)17(29)9-21(16)23(12,32-21)18(30)10-27/h5-6,8,12,15-17,27-29H,3-4,7,9-11H2,1-2H3,(H,26,31)/b25-14+/t12-,15+,16+,17+,20+,21-,22+,23+/m1/s1. The van der Waals surface area contributed by atoms with Crippen molar-refractivity contribution in [2.75, 3.05) is 13.2 Å². The molecule has 0 aromatic rings. The normalized spacial score (nSPS) is 49.4. The summed E-state index contributed by atoms with van der Waals surface area (Å²) in [6, 6.07) is 0. The van der Waals surface area contributed by atoms with Gasteiger partial charge in [0.2, 0.25) is 0 Å². The van der Waals surface area contributed by atoms with E-state index in [9.17, 15) is 19.8 Å². The topological polar surface area (TPSA) is 132 Å². The first-order chi connectivity index (χ1) is 15.1. The van der Waals surface area contributed by atoms with Gasteiger partial charge in [0.25, 0.3) is 5.91 Å². The van der Waals surface area contributed by atoms with Crippen molar-refractivity contribution in [2.45, 2.75) is 62.5 Å². The molecule has 4 N–H and O–H groups in total. The lowest BCUT2D eigenvalue weighted by molar-refractivity contribution is -0.179. The van der Waals surface area contributed by atoms with E-state index in [0.717, 1.165) is 5.57 Å². The molecule has 0 radical (unpaired) electrons. The quantitative estimate of drug-likeness (QED) is 0.367. The van der Waals surface area contributed by atoms with Crippen LogP contribution in [0.3, 0.4) is 0 Å². The van der Waals surface area contributed by atoms with Crippen molar-refractivity contribution in [2.24, 2.45) is 28.3 Å². The molecule has 174 valence electrons. The molecule has 1 heterocycles. The summed E-state index contributed by atoms with van der Waals surface area (Å²) in [4.78, 5) is 23.9. The average Bonchev–Trinajstić information content (AvgIpc) is 3.38. The molecule has 1 spiro atoms. The minimum Gasteiger partial charge on any atom is -0.390 e. The Morgan fingerprint density at radius 1 is 1.31 bits per heavy atom. The van der Waals surface area contributed by atoms with Crippen LogP contribution in [-0.4, -0.2) is 68.9 Å². The average molecular weight is 448 g/mol. The summed E-state index contributed by atoms with van der Waals surface area (Å²) in [6.45, 7) is 2.39. The zero-order chi connectivity index (χ0) is 23.1. The van der Waals surface area contributed by atoms with Crippen LogP contribution < -0.4 is 5.43 Å². The molecular weight excluding hydrogens is 419 g/mol. The molecule has 0 aromatic heterocycles. The van der Waals surface area contributed by atoms with E-state index in [1.807, 2.05) is 6.92 Å². The number of carbonyl (C=O) groups excluding carboxylic acids is 2. The number of hydrogen-bond donors (Lipinski definition) is 4. The lowest BCUT2D eigenvalue weighted by atomic mass is 9.48. The third-order valence-electron chi connectivity index (χ3n) is 8.95. The number of allylic oxidation sites excluding steroid dienone is 4. The van der Waals surface area contributed by atoms with Gasteiger partial charge in [-0.3, -0.25) is 9.59 Å². The second-order valence-electron chi connectivity index (χ2n) is 10.1. The third-order valence-corrected chi connectivity index (χ3v) is 8.95. The Hall–Kier alpha value is -1.94. The number of nitrogens with zero attached hydrogens (tertiary/aromatic N) is 1. The Morgan fingerprint density at radius 3 is 2.75 bits per heavy atom. The second-order valence-corrected chi connectivity index (χ2v) is 10.1. The number of carbonyl (C=O) groups is 2. The summed E-state index contributed by atoms with van der Waals surface area (Å²) in [5.41, 5.74) is -1.57. The van der Waals surface area contributed by atoms with Crippen molar-refractivity contribution in [3.8, 4) is 0 Å². The summed E-state index contributed by atoms with van der Waals surface area (Å²) in [5.74, 6) is -1.88. The van der Waals surface area contributed by atoms with Crippen LogP contribution in [0.25, 0.3) is 0 Å². The van der Waals surface area contributed by atoms with Gasteiger partial charge in [-0.2, -0.15) is 5.10 Å². The second kappa shape index (κ2) is 6.79. The fraction of sp³-hybridized carbons (Fsp3) is 0.696. The van der Waals surface area contributed by atoms with E-state index in [4.69, 9.17) is 9.84 Å². The van der Waals surface area contributed by atoms with Crippen molar-refractivity contribution in [1.82, 2.24) is 5.43 Å². The van der Waals surface area contributed by atoms with Crippen molar-refractivity contribution in [3.63, 3.8) is 0 Å². The molecule has 1 saturated heterocycles. The van der Waals surface area contributed by atoms with E-state index in [1.54, 1.807) is 25.2 Å². The first kappa shape index (κ1) is 21.9. The number of amides is 1. The van der Waals surface area contributed by atoms with Gasteiger partial charge >= 0.3 is 0 Å². The molecule has 0 unspecified atom stereocenters. The van der Waals surface area contributed by atoms with Crippen LogP contribution in [0, 0.1) is 23.2 Å². The third kappa shape index (κ3) is 2.37. The fourth-order valence-electron chi connectivity index (χ4n) is 7.49. The Kier molecular flexibility index (Phi) is 4.64. The van der Waals surface area contributed by atoms with Gasteiger partial charge < -0.3 is 20.1 Å². The van der Waals surface area contributed by atoms with Gasteiger partial charge in [-0.25, -0.2) is 9.82 Å². The number of aliphatic hydroxyl groups excluding tert-OH is 3. The molecule has 4 aliphatic carbocycles. The van der Waals surface area contributed by atoms with E-state index in [2.05, 4.69) is 10.5 Å². The number of hydrazone groups is 1. The van der Waals surface area contributed by atoms with E-state index >= 15 is 4.39 Å². The maximum atomic E-state index is 17.1. The SMILES string of the molecule is C[C@@H]1C[C@H]2[C@@H]3CCC4=C/C(=N/NC(=O)CO)C=C[C@]4(C)[C@@]3(F)[C@@H](O)C[C@@]23O[C@]13C(=O)CO. The number of rotatable bonds is 4. The number of aliphatic hydroxyl groups is 3. The first-order valence-electron chi connectivity index (χ1n) is 11.2. The van der Waals surface area contributed by atoms with Gasteiger partial charge in [0.05, 0.1) is 11.8 Å². The number of alkyl halides is 1. The lowest BCUT2D eigenvalue weighted by Gasteiger charge is -2.59. The molecule has 5 aliphatic rings. The highest BCUT2D eigenvalue weighted by molar-refractivity contribution is 6.06. The molecule has 32 heavy (non-hydrogen) atoms. The highest BCUT2D eigenvalue weighted by atomic mass is 19.1. The van der Waals surface area contributed by atoms with Gasteiger partial charge in [0.15, 0.2) is 17.1 Å². The zero-order valence-corrected chi connectivity index (χ0v) is 18.2. The zero-order valence-electron chi connectivity index (χ0n) is 18.2. The molecule has 5 rings (SSSR count). The summed E-state index contributed by atoms with van der Waals surface area (Å²) in [7, 11) is 0. The Balaban J connectivity index is 1.50. The predicted molar refractivity (Wildman–Crippen MR) is 111 cm³/mol. The minimum absolute atomic E-state index is 0.0188. The number of halogens is 1. The van der Waals surface area contributed by atoms with Gasteiger partial charge in [-0.05, 0) is 50.2 Å². The van der Waals surface area contributed by atoms with Gasteiger partial charge in [0.1, 0.15) is 18.8 Å². The highest BCUT2D eigenvalue weighted by Crippen LogP contribution is 2.76. The smallest absolute Gasteiger partial charge is 0.265 e. The van der Waals surface area contributed by atoms with Crippen LogP contribution in [0.4, 0.5) is 4.39 Å². The van der Waals surface area contributed by atoms with E-state index in [-0.39, 0.29) is 24.0 Å². The summed E-state index contributed by atoms with van der Waals surface area (Å²) >= 11 is 0. The largest absolute Gasteiger partial charge is 0.390 e. The Labute approximate surface area is 185 Å². The highest BCUT2D eigenvalue weighted by Gasteiger charge is 2.87. The molecule has 9 heteroatoms. The van der Waals surface area contributed by atoms with E-state index in [1.165, 1.54) is 0 Å². The van der Waals surface area contributed by atoms with Gasteiger partial charge in [-0.1, -0.05) is 18.6 Å². The van der Waals surface area contributed by atoms with Crippen LogP contribution in [0.1, 0.15) is 39.5 Å². The fourth-order valence-corrected chi connectivity index (χ4v) is 7.49. The number of hydrogen-bond acceptors (Lipinski definition) is 7.